The van der Waals surface area contributed by atoms with Crippen molar-refractivity contribution in [2.24, 2.45) is 0 Å². The van der Waals surface area contributed by atoms with Crippen LogP contribution in [0.15, 0.2) is 48.6 Å². The number of hydrogen-bond acceptors (Lipinski definition) is 4. The van der Waals surface area contributed by atoms with Gasteiger partial charge in [-0.1, -0.05) is 48.6 Å². The molecule has 0 bridgehead atoms. The Morgan fingerprint density at radius 1 is 1.00 bits per heavy atom. The van der Waals surface area contributed by atoms with E-state index in [1.165, 1.54) is 26.8 Å². The third-order valence-corrected chi connectivity index (χ3v) is 2.29. The van der Waals surface area contributed by atoms with Crippen LogP contribution in [-0.4, -0.2) is 17.7 Å². The van der Waals surface area contributed by atoms with Crippen LogP contribution in [0.1, 0.15) is 26.3 Å². The fourth-order valence-electron chi connectivity index (χ4n) is 1.62. The molecule has 1 rings (SSSR count). The van der Waals surface area contributed by atoms with Crippen molar-refractivity contribution in [1.82, 2.24) is 0 Å². The Bertz CT molecular complexity index is 499. The first-order valence-corrected chi connectivity index (χ1v) is 6.21. The molecular formula is C16H18O4. The molecule has 4 nitrogen and oxygen atoms in total. The SMILES string of the molecule is CC(=O)OC(C)(C=CC=Cc1ccccc1)OC(C)=O. The topological polar surface area (TPSA) is 52.6 Å². The summed E-state index contributed by atoms with van der Waals surface area (Å²) < 4.78 is 10.00. The molecule has 20 heavy (non-hydrogen) atoms. The third kappa shape index (κ3) is 6.00. The highest BCUT2D eigenvalue weighted by Crippen LogP contribution is 2.15. The predicted octanol–water partition coefficient (Wildman–Crippen LogP) is 3.10. The fourth-order valence-corrected chi connectivity index (χ4v) is 1.62. The lowest BCUT2D eigenvalue weighted by molar-refractivity contribution is -0.203. The average Bonchev–Trinajstić information content (AvgIpc) is 2.34. The van der Waals surface area contributed by atoms with Crippen molar-refractivity contribution < 1.29 is 19.1 Å². The van der Waals surface area contributed by atoms with Gasteiger partial charge in [0.05, 0.1) is 0 Å². The molecule has 0 fully saturated rings. The fraction of sp³-hybridized carbons (Fsp3) is 0.250. The second-order valence-corrected chi connectivity index (χ2v) is 4.33. The molecule has 0 saturated heterocycles. The summed E-state index contributed by atoms with van der Waals surface area (Å²) in [6.07, 6.45) is 6.84. The summed E-state index contributed by atoms with van der Waals surface area (Å²) in [4.78, 5) is 22.1. The average molecular weight is 274 g/mol. The second-order valence-electron chi connectivity index (χ2n) is 4.33. The minimum absolute atomic E-state index is 0.523. The van der Waals surface area contributed by atoms with Gasteiger partial charge in [-0.05, 0) is 11.6 Å². The summed E-state index contributed by atoms with van der Waals surface area (Å²) in [5.41, 5.74) is 1.04. The van der Waals surface area contributed by atoms with E-state index in [1.54, 1.807) is 12.2 Å². The first kappa shape index (κ1) is 15.7. The molecule has 0 radical (unpaired) electrons. The molecule has 0 aliphatic rings. The maximum atomic E-state index is 11.0. The van der Waals surface area contributed by atoms with Crippen molar-refractivity contribution >= 4 is 18.0 Å². The summed E-state index contributed by atoms with van der Waals surface area (Å²) in [6, 6.07) is 9.73. The van der Waals surface area contributed by atoms with Gasteiger partial charge in [-0.15, -0.1) is 0 Å². The van der Waals surface area contributed by atoms with Gasteiger partial charge in [-0.2, -0.15) is 0 Å². The first-order valence-electron chi connectivity index (χ1n) is 6.21. The minimum Gasteiger partial charge on any atom is -0.419 e. The van der Waals surface area contributed by atoms with Gasteiger partial charge in [0.1, 0.15) is 0 Å². The Morgan fingerprint density at radius 3 is 2.05 bits per heavy atom. The number of esters is 2. The highest BCUT2D eigenvalue weighted by molar-refractivity contribution is 5.69. The van der Waals surface area contributed by atoms with Gasteiger partial charge in [0.25, 0.3) is 5.79 Å². The Hall–Kier alpha value is -2.36. The molecule has 0 aliphatic heterocycles. The maximum Gasteiger partial charge on any atom is 0.306 e. The summed E-state index contributed by atoms with van der Waals surface area (Å²) in [5, 5.41) is 0. The number of benzene rings is 1. The Balaban J connectivity index is 2.74. The second kappa shape index (κ2) is 7.28. The van der Waals surface area contributed by atoms with Gasteiger partial charge < -0.3 is 9.47 Å². The molecule has 0 aliphatic carbocycles. The lowest BCUT2D eigenvalue weighted by Crippen LogP contribution is -2.33. The van der Waals surface area contributed by atoms with Crippen LogP contribution in [-0.2, 0) is 19.1 Å². The normalized spacial score (nSPS) is 11.8. The molecule has 1 aromatic carbocycles. The van der Waals surface area contributed by atoms with Gasteiger partial charge >= 0.3 is 11.9 Å². The molecule has 0 amide bonds. The summed E-state index contributed by atoms with van der Waals surface area (Å²) in [6.45, 7) is 4.02. The van der Waals surface area contributed by atoms with Crippen LogP contribution >= 0.6 is 0 Å². The van der Waals surface area contributed by atoms with Crippen LogP contribution in [0.2, 0.25) is 0 Å². The van der Waals surface area contributed by atoms with E-state index in [-0.39, 0.29) is 0 Å². The van der Waals surface area contributed by atoms with Crippen molar-refractivity contribution in [3.05, 3.63) is 54.1 Å². The largest absolute Gasteiger partial charge is 0.419 e. The zero-order chi connectivity index (χ0) is 15.0. The van der Waals surface area contributed by atoms with Gasteiger partial charge in [-0.25, -0.2) is 0 Å². The van der Waals surface area contributed by atoms with Crippen molar-refractivity contribution in [3.63, 3.8) is 0 Å². The lowest BCUT2D eigenvalue weighted by atomic mass is 10.2. The van der Waals surface area contributed by atoms with E-state index in [0.29, 0.717) is 0 Å². The van der Waals surface area contributed by atoms with Gasteiger partial charge in [-0.3, -0.25) is 9.59 Å². The Morgan fingerprint density at radius 2 is 1.55 bits per heavy atom. The molecule has 0 unspecified atom stereocenters. The van der Waals surface area contributed by atoms with Crippen molar-refractivity contribution in [2.75, 3.05) is 0 Å². The van der Waals surface area contributed by atoms with Crippen LogP contribution < -0.4 is 0 Å². The van der Waals surface area contributed by atoms with Crippen LogP contribution in [0, 0.1) is 0 Å². The number of rotatable bonds is 5. The molecular weight excluding hydrogens is 256 g/mol. The first-order chi connectivity index (χ1) is 9.41. The van der Waals surface area contributed by atoms with Crippen LogP contribution in [0.25, 0.3) is 6.08 Å². The molecule has 0 saturated carbocycles. The number of carbonyl (C=O) groups excluding carboxylic acids is 2. The molecule has 0 spiro atoms. The number of ether oxygens (including phenoxy) is 2. The quantitative estimate of drug-likeness (QED) is 0.470. The minimum atomic E-state index is -1.39. The van der Waals surface area contributed by atoms with E-state index >= 15 is 0 Å². The smallest absolute Gasteiger partial charge is 0.306 e. The standard InChI is InChI=1S/C16H18O4/c1-13(17)19-16(3,20-14(2)18)12-8-7-11-15-9-5-4-6-10-15/h4-12H,1-3H3. The highest BCUT2D eigenvalue weighted by atomic mass is 16.7. The molecule has 1 aromatic rings. The summed E-state index contributed by atoms with van der Waals surface area (Å²) in [5.74, 6) is -2.44. The van der Waals surface area contributed by atoms with E-state index in [2.05, 4.69) is 0 Å². The van der Waals surface area contributed by atoms with E-state index < -0.39 is 17.7 Å². The number of hydrogen-bond donors (Lipinski definition) is 0. The van der Waals surface area contributed by atoms with Crippen LogP contribution in [0.5, 0.6) is 0 Å². The van der Waals surface area contributed by atoms with Crippen LogP contribution in [0.4, 0.5) is 0 Å². The molecule has 106 valence electrons. The number of allylic oxidation sites excluding steroid dienone is 2. The molecule has 0 aromatic heterocycles. The van der Waals surface area contributed by atoms with E-state index in [1.807, 2.05) is 36.4 Å². The zero-order valence-corrected chi connectivity index (χ0v) is 11.8. The lowest BCUT2D eigenvalue weighted by Gasteiger charge is -2.24. The van der Waals surface area contributed by atoms with Crippen molar-refractivity contribution in [3.8, 4) is 0 Å². The maximum absolute atomic E-state index is 11.0. The number of carbonyl (C=O) groups is 2. The monoisotopic (exact) mass is 274 g/mol. The summed E-state index contributed by atoms with van der Waals surface area (Å²) in [7, 11) is 0. The Labute approximate surface area is 118 Å². The van der Waals surface area contributed by atoms with Crippen molar-refractivity contribution in [1.29, 1.82) is 0 Å². The molecule has 4 heteroatoms. The molecule has 0 atom stereocenters. The zero-order valence-electron chi connectivity index (χ0n) is 11.8. The van der Waals surface area contributed by atoms with Gasteiger partial charge in [0, 0.05) is 20.8 Å². The van der Waals surface area contributed by atoms with Crippen LogP contribution in [0.3, 0.4) is 0 Å². The predicted molar refractivity (Wildman–Crippen MR) is 76.6 cm³/mol. The van der Waals surface area contributed by atoms with Crippen molar-refractivity contribution in [2.45, 2.75) is 26.6 Å². The van der Waals surface area contributed by atoms with E-state index in [4.69, 9.17) is 9.47 Å². The molecule has 0 N–H and O–H groups in total. The summed E-state index contributed by atoms with van der Waals surface area (Å²) >= 11 is 0. The van der Waals surface area contributed by atoms with Gasteiger partial charge in [0.15, 0.2) is 0 Å². The molecule has 0 heterocycles. The Kier molecular flexibility index (Phi) is 5.72. The third-order valence-electron chi connectivity index (χ3n) is 2.29. The van der Waals surface area contributed by atoms with E-state index in [0.717, 1.165) is 5.56 Å². The van der Waals surface area contributed by atoms with Gasteiger partial charge in [0.2, 0.25) is 0 Å². The van der Waals surface area contributed by atoms with E-state index in [9.17, 15) is 9.59 Å². The highest BCUT2D eigenvalue weighted by Gasteiger charge is 2.27.